The molecule has 0 atom stereocenters. The molecule has 120 valence electrons. The molecule has 0 fully saturated rings. The lowest BCUT2D eigenvalue weighted by Crippen LogP contribution is -1.91. The number of carbonyl (C=O) groups excluding carboxylic acids is 1. The van der Waals surface area contributed by atoms with Crippen LogP contribution in [-0.2, 0) is 0 Å². The van der Waals surface area contributed by atoms with E-state index in [0.29, 0.717) is 29.1 Å². The largest absolute Gasteiger partial charge is 0.457 e. The third-order valence-electron chi connectivity index (χ3n) is 3.39. The lowest BCUT2D eigenvalue weighted by molar-refractivity contribution is -0.384. The molecular weight excluding hydrogens is 310 g/mol. The van der Waals surface area contributed by atoms with Gasteiger partial charge in [-0.25, -0.2) is 0 Å². The molecule has 0 N–H and O–H groups in total. The predicted octanol–water partition coefficient (Wildman–Crippen LogP) is 4.77. The number of carbonyl (C=O) groups is 1. The molecule has 0 radical (unpaired) electrons. The lowest BCUT2D eigenvalue weighted by atomic mass is 10.1. The Bertz CT molecular complexity index is 896. The van der Waals surface area contributed by atoms with Gasteiger partial charge in [-0.15, -0.1) is 0 Å². The number of furan rings is 1. The van der Waals surface area contributed by atoms with Gasteiger partial charge in [0.15, 0.2) is 12.0 Å². The summed E-state index contributed by atoms with van der Waals surface area (Å²) in [6.45, 7) is 1.96. The summed E-state index contributed by atoms with van der Waals surface area (Å²) >= 11 is 0. The van der Waals surface area contributed by atoms with Crippen molar-refractivity contribution in [1.82, 2.24) is 0 Å². The van der Waals surface area contributed by atoms with E-state index in [1.54, 1.807) is 24.3 Å². The number of benzene rings is 2. The van der Waals surface area contributed by atoms with Crippen molar-refractivity contribution in [3.05, 3.63) is 76.0 Å². The molecule has 0 saturated carbocycles. The summed E-state index contributed by atoms with van der Waals surface area (Å²) in [6, 6.07) is 14.8. The summed E-state index contributed by atoms with van der Waals surface area (Å²) < 4.78 is 11.0. The van der Waals surface area contributed by atoms with E-state index in [0.717, 1.165) is 5.56 Å². The first-order valence-corrected chi connectivity index (χ1v) is 7.14. The van der Waals surface area contributed by atoms with Gasteiger partial charge in [-0.2, -0.15) is 0 Å². The summed E-state index contributed by atoms with van der Waals surface area (Å²) in [4.78, 5) is 21.4. The van der Waals surface area contributed by atoms with Crippen molar-refractivity contribution in [2.45, 2.75) is 6.92 Å². The molecule has 0 unspecified atom stereocenters. The third-order valence-corrected chi connectivity index (χ3v) is 3.39. The molecule has 0 aliphatic carbocycles. The number of rotatable bonds is 5. The van der Waals surface area contributed by atoms with E-state index in [2.05, 4.69) is 0 Å². The van der Waals surface area contributed by atoms with Crippen molar-refractivity contribution in [1.29, 1.82) is 0 Å². The zero-order valence-electron chi connectivity index (χ0n) is 12.8. The van der Waals surface area contributed by atoms with Crippen molar-refractivity contribution in [3.8, 4) is 22.8 Å². The van der Waals surface area contributed by atoms with Crippen molar-refractivity contribution in [2.24, 2.45) is 0 Å². The van der Waals surface area contributed by atoms with Gasteiger partial charge in [0, 0.05) is 11.6 Å². The second kappa shape index (κ2) is 6.37. The summed E-state index contributed by atoms with van der Waals surface area (Å²) in [7, 11) is 0. The first kappa shape index (κ1) is 15.5. The van der Waals surface area contributed by atoms with Crippen LogP contribution in [0.25, 0.3) is 11.3 Å². The number of aldehydes is 1. The van der Waals surface area contributed by atoms with E-state index in [4.69, 9.17) is 9.15 Å². The van der Waals surface area contributed by atoms with Gasteiger partial charge in [0.2, 0.25) is 0 Å². The molecule has 3 aromatic rings. The minimum absolute atomic E-state index is 0.126. The Labute approximate surface area is 137 Å². The summed E-state index contributed by atoms with van der Waals surface area (Å²) in [5.41, 5.74) is 1.41. The minimum Gasteiger partial charge on any atom is -0.457 e. The summed E-state index contributed by atoms with van der Waals surface area (Å²) in [6.07, 6.45) is 0.574. The van der Waals surface area contributed by atoms with Gasteiger partial charge < -0.3 is 9.15 Å². The Kier molecular flexibility index (Phi) is 4.11. The Hall–Kier alpha value is -3.41. The van der Waals surface area contributed by atoms with E-state index < -0.39 is 4.92 Å². The van der Waals surface area contributed by atoms with Gasteiger partial charge >= 0.3 is 0 Å². The number of nitro benzene ring substituents is 1. The highest BCUT2D eigenvalue weighted by molar-refractivity contribution is 5.73. The highest BCUT2D eigenvalue weighted by Crippen LogP contribution is 2.33. The zero-order valence-corrected chi connectivity index (χ0v) is 12.8. The molecule has 0 aliphatic rings. The lowest BCUT2D eigenvalue weighted by Gasteiger charge is -2.07. The van der Waals surface area contributed by atoms with Gasteiger partial charge in [0.1, 0.15) is 17.3 Å². The van der Waals surface area contributed by atoms with Crippen LogP contribution in [-0.4, -0.2) is 11.2 Å². The van der Waals surface area contributed by atoms with Crippen molar-refractivity contribution in [2.75, 3.05) is 0 Å². The van der Waals surface area contributed by atoms with Crippen LogP contribution in [0.3, 0.4) is 0 Å². The van der Waals surface area contributed by atoms with Gasteiger partial charge in [-0.3, -0.25) is 14.9 Å². The van der Waals surface area contributed by atoms with Crippen molar-refractivity contribution >= 4 is 12.0 Å². The fourth-order valence-electron chi connectivity index (χ4n) is 2.20. The molecule has 0 amide bonds. The maximum Gasteiger partial charge on any atom is 0.273 e. The van der Waals surface area contributed by atoms with Crippen LogP contribution in [0.15, 0.2) is 59.0 Å². The Morgan fingerprint density at radius 3 is 2.42 bits per heavy atom. The second-order valence-corrected chi connectivity index (χ2v) is 5.21. The van der Waals surface area contributed by atoms with Crippen LogP contribution in [0.2, 0.25) is 0 Å². The highest BCUT2D eigenvalue weighted by Gasteiger charge is 2.14. The number of ether oxygens (including phenoxy) is 1. The smallest absolute Gasteiger partial charge is 0.273 e. The van der Waals surface area contributed by atoms with E-state index in [9.17, 15) is 14.9 Å². The Balaban J connectivity index is 2.00. The molecule has 0 aliphatic heterocycles. The summed E-state index contributed by atoms with van der Waals surface area (Å²) in [5.74, 6) is 1.39. The molecule has 0 saturated heterocycles. The standard InChI is InChI=1S/C18H13NO5/c1-12-2-4-15(5-3-12)23-17-9-13(8-14(10-17)19(21)22)18-7-6-16(11-20)24-18/h2-11H,1H3. The van der Waals surface area contributed by atoms with Gasteiger partial charge in [-0.05, 0) is 37.3 Å². The first-order valence-electron chi connectivity index (χ1n) is 7.14. The number of hydrogen-bond acceptors (Lipinski definition) is 5. The molecule has 6 heteroatoms. The van der Waals surface area contributed by atoms with Crippen LogP contribution in [0.4, 0.5) is 5.69 Å². The van der Waals surface area contributed by atoms with Crippen LogP contribution >= 0.6 is 0 Å². The Morgan fingerprint density at radius 1 is 1.04 bits per heavy atom. The topological polar surface area (TPSA) is 82.6 Å². The molecule has 24 heavy (non-hydrogen) atoms. The average Bonchev–Trinajstić information content (AvgIpc) is 3.06. The highest BCUT2D eigenvalue weighted by atomic mass is 16.6. The maximum absolute atomic E-state index is 11.2. The monoisotopic (exact) mass is 323 g/mol. The fourth-order valence-corrected chi connectivity index (χ4v) is 2.20. The van der Waals surface area contributed by atoms with E-state index in [1.807, 2.05) is 19.1 Å². The average molecular weight is 323 g/mol. The molecule has 6 nitrogen and oxygen atoms in total. The molecular formula is C18H13NO5. The summed E-state index contributed by atoms with van der Waals surface area (Å²) in [5, 5.41) is 11.2. The van der Waals surface area contributed by atoms with Crippen molar-refractivity contribution < 1.29 is 18.9 Å². The van der Waals surface area contributed by atoms with Crippen LogP contribution < -0.4 is 4.74 Å². The van der Waals surface area contributed by atoms with Crippen LogP contribution in [0.5, 0.6) is 11.5 Å². The molecule has 1 heterocycles. The van der Waals surface area contributed by atoms with Gasteiger partial charge in [-0.1, -0.05) is 17.7 Å². The maximum atomic E-state index is 11.2. The molecule has 0 spiro atoms. The van der Waals surface area contributed by atoms with E-state index in [-0.39, 0.29) is 11.4 Å². The number of nitro groups is 1. The van der Waals surface area contributed by atoms with Crippen molar-refractivity contribution in [3.63, 3.8) is 0 Å². The Morgan fingerprint density at radius 2 is 1.79 bits per heavy atom. The van der Waals surface area contributed by atoms with Crippen LogP contribution in [0.1, 0.15) is 16.1 Å². The predicted molar refractivity (Wildman–Crippen MR) is 87.4 cm³/mol. The number of non-ortho nitro benzene ring substituents is 1. The van der Waals surface area contributed by atoms with Gasteiger partial charge in [0.05, 0.1) is 11.0 Å². The fraction of sp³-hybridized carbons (Fsp3) is 0.0556. The second-order valence-electron chi connectivity index (χ2n) is 5.21. The first-order chi connectivity index (χ1) is 11.5. The third kappa shape index (κ3) is 3.33. The van der Waals surface area contributed by atoms with Crippen LogP contribution in [0, 0.1) is 17.0 Å². The number of hydrogen-bond donors (Lipinski definition) is 0. The number of aryl methyl sites for hydroxylation is 1. The molecule has 3 rings (SSSR count). The van der Waals surface area contributed by atoms with E-state index in [1.165, 1.54) is 18.2 Å². The van der Waals surface area contributed by atoms with E-state index >= 15 is 0 Å². The zero-order chi connectivity index (χ0) is 17.1. The quantitative estimate of drug-likeness (QED) is 0.384. The normalized spacial score (nSPS) is 10.4. The minimum atomic E-state index is -0.505. The van der Waals surface area contributed by atoms with Gasteiger partial charge in [0.25, 0.3) is 5.69 Å². The molecule has 1 aromatic heterocycles. The number of nitrogens with zero attached hydrogens (tertiary/aromatic N) is 1. The molecule has 0 bridgehead atoms. The molecule has 2 aromatic carbocycles. The SMILES string of the molecule is Cc1ccc(Oc2cc(-c3ccc(C=O)o3)cc([N+](=O)[O-])c2)cc1.